The Balaban J connectivity index is 2.05. The Hall–Kier alpha value is -2.37. The van der Waals surface area contributed by atoms with Crippen LogP contribution in [0.4, 0.5) is 10.1 Å². The second kappa shape index (κ2) is 7.48. The average molecular weight is 390 g/mol. The molecule has 0 saturated heterocycles. The van der Waals surface area contributed by atoms with Gasteiger partial charge >= 0.3 is 0 Å². The predicted octanol–water partition coefficient (Wildman–Crippen LogP) is 5.18. The topological polar surface area (TPSA) is 37.4 Å². The van der Waals surface area contributed by atoms with Crippen LogP contribution in [0.2, 0.25) is 5.02 Å². The summed E-state index contributed by atoms with van der Waals surface area (Å²) in [6.45, 7) is 1.98. The molecule has 0 atom stereocenters. The first-order chi connectivity index (χ1) is 12.4. The quantitative estimate of drug-likeness (QED) is 0.602. The summed E-state index contributed by atoms with van der Waals surface area (Å²) >= 11 is 5.93. The van der Waals surface area contributed by atoms with Crippen molar-refractivity contribution in [2.75, 3.05) is 4.31 Å². The zero-order chi connectivity index (χ0) is 18.7. The lowest BCUT2D eigenvalue weighted by atomic mass is 10.2. The standard InChI is InChI=1S/C20H17ClFNO2S/c1-15-2-12-20(13-3-15)26(24,25)23(19-10-6-17(21)7-11-19)14-16-4-8-18(22)9-5-16/h2-13H,14H2,1H3. The Morgan fingerprint density at radius 1 is 0.885 bits per heavy atom. The highest BCUT2D eigenvalue weighted by atomic mass is 35.5. The molecule has 0 aliphatic heterocycles. The number of rotatable bonds is 5. The number of nitrogens with zero attached hydrogens (tertiary/aromatic N) is 1. The van der Waals surface area contributed by atoms with Crippen LogP contribution in [0.1, 0.15) is 11.1 Å². The van der Waals surface area contributed by atoms with E-state index in [0.717, 1.165) is 5.56 Å². The van der Waals surface area contributed by atoms with Crippen molar-refractivity contribution in [1.29, 1.82) is 0 Å². The van der Waals surface area contributed by atoms with Crippen LogP contribution in [-0.2, 0) is 16.6 Å². The maximum atomic E-state index is 13.2. The third-order valence-corrected chi connectivity index (χ3v) is 6.00. The smallest absolute Gasteiger partial charge is 0.262 e. The fraction of sp³-hybridized carbons (Fsp3) is 0.100. The molecule has 0 aromatic heterocycles. The van der Waals surface area contributed by atoms with Gasteiger partial charge in [-0.2, -0.15) is 0 Å². The number of sulfonamides is 1. The zero-order valence-electron chi connectivity index (χ0n) is 14.1. The number of hydrogen-bond acceptors (Lipinski definition) is 2. The maximum Gasteiger partial charge on any atom is 0.264 e. The average Bonchev–Trinajstić information content (AvgIpc) is 2.62. The summed E-state index contributed by atoms with van der Waals surface area (Å²) in [4.78, 5) is 0.195. The molecule has 0 unspecified atom stereocenters. The Morgan fingerprint density at radius 3 is 2.04 bits per heavy atom. The summed E-state index contributed by atoms with van der Waals surface area (Å²) in [5.74, 6) is -0.367. The molecular formula is C20H17ClFNO2S. The number of halogens is 2. The minimum Gasteiger partial charge on any atom is -0.262 e. The first kappa shape index (κ1) is 18.4. The summed E-state index contributed by atoms with van der Waals surface area (Å²) in [6.07, 6.45) is 0. The molecule has 0 aliphatic carbocycles. The van der Waals surface area contributed by atoms with E-state index in [1.54, 1.807) is 60.7 Å². The molecule has 26 heavy (non-hydrogen) atoms. The van der Waals surface area contributed by atoms with Gasteiger partial charge in [-0.15, -0.1) is 0 Å². The van der Waals surface area contributed by atoms with Gasteiger partial charge < -0.3 is 0 Å². The minimum absolute atomic E-state index is 0.0815. The van der Waals surface area contributed by atoms with Crippen molar-refractivity contribution >= 4 is 27.3 Å². The SMILES string of the molecule is Cc1ccc(S(=O)(=O)N(Cc2ccc(F)cc2)c2ccc(Cl)cc2)cc1. The van der Waals surface area contributed by atoms with Gasteiger partial charge in [-0.05, 0) is 61.0 Å². The van der Waals surface area contributed by atoms with Gasteiger partial charge in [0.15, 0.2) is 0 Å². The van der Waals surface area contributed by atoms with Crippen LogP contribution in [0.5, 0.6) is 0 Å². The van der Waals surface area contributed by atoms with Crippen LogP contribution in [-0.4, -0.2) is 8.42 Å². The van der Waals surface area contributed by atoms with Crippen molar-refractivity contribution in [3.63, 3.8) is 0 Å². The second-order valence-electron chi connectivity index (χ2n) is 5.93. The lowest BCUT2D eigenvalue weighted by Crippen LogP contribution is -2.30. The molecule has 0 aliphatic rings. The van der Waals surface area contributed by atoms with Gasteiger partial charge in [0.1, 0.15) is 5.82 Å². The Kier molecular flexibility index (Phi) is 5.30. The van der Waals surface area contributed by atoms with E-state index in [4.69, 9.17) is 11.6 Å². The predicted molar refractivity (Wildman–Crippen MR) is 102 cm³/mol. The third kappa shape index (κ3) is 4.06. The van der Waals surface area contributed by atoms with Crippen molar-refractivity contribution in [2.45, 2.75) is 18.4 Å². The van der Waals surface area contributed by atoms with Crippen LogP contribution in [0.3, 0.4) is 0 Å². The monoisotopic (exact) mass is 389 g/mol. The van der Waals surface area contributed by atoms with Crippen LogP contribution in [0.25, 0.3) is 0 Å². The Bertz CT molecular complexity index is 985. The number of hydrogen-bond donors (Lipinski definition) is 0. The molecule has 0 amide bonds. The van der Waals surface area contributed by atoms with Gasteiger partial charge in [-0.25, -0.2) is 12.8 Å². The molecular weight excluding hydrogens is 373 g/mol. The Morgan fingerprint density at radius 2 is 1.46 bits per heavy atom. The highest BCUT2D eigenvalue weighted by Gasteiger charge is 2.25. The van der Waals surface area contributed by atoms with Crippen molar-refractivity contribution in [2.24, 2.45) is 0 Å². The summed E-state index contributed by atoms with van der Waals surface area (Å²) in [6, 6.07) is 19.0. The van der Waals surface area contributed by atoms with E-state index in [9.17, 15) is 12.8 Å². The fourth-order valence-corrected chi connectivity index (χ4v) is 4.09. The first-order valence-corrected chi connectivity index (χ1v) is 9.77. The lowest BCUT2D eigenvalue weighted by Gasteiger charge is -2.25. The molecule has 0 fully saturated rings. The maximum absolute atomic E-state index is 13.2. The van der Waals surface area contributed by atoms with Crippen LogP contribution < -0.4 is 4.31 Å². The summed E-state index contributed by atoms with van der Waals surface area (Å²) in [5, 5.41) is 0.517. The molecule has 0 heterocycles. The molecule has 3 nitrogen and oxygen atoms in total. The van der Waals surface area contributed by atoms with Crippen molar-refractivity contribution in [3.8, 4) is 0 Å². The molecule has 134 valence electrons. The third-order valence-electron chi connectivity index (χ3n) is 3.96. The van der Waals surface area contributed by atoms with E-state index in [2.05, 4.69) is 0 Å². The van der Waals surface area contributed by atoms with Crippen LogP contribution >= 0.6 is 11.6 Å². The molecule has 3 aromatic rings. The zero-order valence-corrected chi connectivity index (χ0v) is 15.6. The first-order valence-electron chi connectivity index (χ1n) is 7.96. The molecule has 0 radical (unpaired) electrons. The molecule has 0 N–H and O–H groups in total. The molecule has 6 heteroatoms. The van der Waals surface area contributed by atoms with Crippen LogP contribution in [0.15, 0.2) is 77.7 Å². The minimum atomic E-state index is -3.80. The molecule has 0 spiro atoms. The molecule has 0 bridgehead atoms. The summed E-state index contributed by atoms with van der Waals surface area (Å²) in [5.41, 5.74) is 2.14. The van der Waals surface area contributed by atoms with Gasteiger partial charge in [0.25, 0.3) is 10.0 Å². The normalized spacial score (nSPS) is 11.3. The largest absolute Gasteiger partial charge is 0.264 e. The van der Waals surface area contributed by atoms with E-state index in [1.807, 2.05) is 6.92 Å². The molecule has 3 rings (SSSR count). The summed E-state index contributed by atoms with van der Waals surface area (Å²) < 4.78 is 40.9. The van der Waals surface area contributed by atoms with E-state index in [-0.39, 0.29) is 17.3 Å². The van der Waals surface area contributed by atoms with Gasteiger partial charge in [-0.3, -0.25) is 4.31 Å². The van der Waals surface area contributed by atoms with E-state index in [0.29, 0.717) is 16.3 Å². The van der Waals surface area contributed by atoms with E-state index < -0.39 is 10.0 Å². The fourth-order valence-electron chi connectivity index (χ4n) is 2.52. The highest BCUT2D eigenvalue weighted by molar-refractivity contribution is 7.92. The van der Waals surface area contributed by atoms with Crippen molar-refractivity contribution < 1.29 is 12.8 Å². The van der Waals surface area contributed by atoms with Gasteiger partial charge in [0.05, 0.1) is 17.1 Å². The summed E-state index contributed by atoms with van der Waals surface area (Å²) in [7, 11) is -3.80. The van der Waals surface area contributed by atoms with Crippen LogP contribution in [0, 0.1) is 12.7 Å². The molecule has 3 aromatic carbocycles. The van der Waals surface area contributed by atoms with E-state index >= 15 is 0 Å². The van der Waals surface area contributed by atoms with Crippen molar-refractivity contribution in [3.05, 3.63) is 94.8 Å². The van der Waals surface area contributed by atoms with Gasteiger partial charge in [0, 0.05) is 5.02 Å². The molecule has 0 saturated carbocycles. The second-order valence-corrected chi connectivity index (χ2v) is 8.23. The van der Waals surface area contributed by atoms with Crippen molar-refractivity contribution in [1.82, 2.24) is 0 Å². The number of aryl methyl sites for hydroxylation is 1. The lowest BCUT2D eigenvalue weighted by molar-refractivity contribution is 0.590. The van der Waals surface area contributed by atoms with Gasteiger partial charge in [-0.1, -0.05) is 41.4 Å². The Labute approximate surface area is 157 Å². The van der Waals surface area contributed by atoms with E-state index in [1.165, 1.54) is 16.4 Å². The number of anilines is 1. The van der Waals surface area contributed by atoms with Gasteiger partial charge in [0.2, 0.25) is 0 Å². The number of benzene rings is 3. The highest BCUT2D eigenvalue weighted by Crippen LogP contribution is 2.27.